The Hall–Kier alpha value is -0.860. The number of hydrogen-bond donors (Lipinski definition) is 2. The summed E-state index contributed by atoms with van der Waals surface area (Å²) >= 11 is 0. The van der Waals surface area contributed by atoms with Crippen molar-refractivity contribution >= 4 is 0 Å². The lowest BCUT2D eigenvalue weighted by Gasteiger charge is -2.27. The summed E-state index contributed by atoms with van der Waals surface area (Å²) < 4.78 is 0. The molecule has 0 aliphatic heterocycles. The minimum atomic E-state index is -0.744. The molecule has 2 heteroatoms. The summed E-state index contributed by atoms with van der Waals surface area (Å²) in [4.78, 5) is 0. The van der Waals surface area contributed by atoms with Gasteiger partial charge in [0.2, 0.25) is 0 Å². The molecule has 16 heavy (non-hydrogen) atoms. The minimum Gasteiger partial charge on any atom is -0.388 e. The van der Waals surface area contributed by atoms with E-state index in [-0.39, 0.29) is 0 Å². The molecule has 1 atom stereocenters. The highest BCUT2D eigenvalue weighted by molar-refractivity contribution is 5.34. The van der Waals surface area contributed by atoms with Gasteiger partial charge in [-0.05, 0) is 37.0 Å². The predicted molar refractivity (Wildman–Crippen MR) is 68.5 cm³/mol. The third-order valence-corrected chi connectivity index (χ3v) is 3.25. The highest BCUT2D eigenvalue weighted by atomic mass is 16.3. The molecule has 0 fully saturated rings. The van der Waals surface area contributed by atoms with E-state index in [2.05, 4.69) is 39.0 Å². The van der Waals surface area contributed by atoms with Gasteiger partial charge in [0.1, 0.15) is 0 Å². The van der Waals surface area contributed by atoms with Crippen molar-refractivity contribution in [2.45, 2.75) is 45.6 Å². The van der Waals surface area contributed by atoms with E-state index in [1.807, 2.05) is 0 Å². The smallest absolute Gasteiger partial charge is 0.0809 e. The van der Waals surface area contributed by atoms with Crippen LogP contribution in [-0.4, -0.2) is 17.3 Å². The van der Waals surface area contributed by atoms with E-state index in [9.17, 15) is 5.11 Å². The van der Waals surface area contributed by atoms with Crippen molar-refractivity contribution in [1.29, 1.82) is 0 Å². The maximum absolute atomic E-state index is 10.4. The number of aryl methyl sites for hydroxylation is 2. The molecule has 0 aliphatic carbocycles. The summed E-state index contributed by atoms with van der Waals surface area (Å²) in [5.41, 5.74) is 8.66. The van der Waals surface area contributed by atoms with Crippen LogP contribution in [-0.2, 0) is 6.42 Å². The first kappa shape index (κ1) is 13.2. The van der Waals surface area contributed by atoms with Crippen LogP contribution in [0.2, 0.25) is 0 Å². The van der Waals surface area contributed by atoms with Crippen LogP contribution in [0.3, 0.4) is 0 Å². The lowest BCUT2D eigenvalue weighted by Crippen LogP contribution is -2.40. The van der Waals surface area contributed by atoms with Gasteiger partial charge >= 0.3 is 0 Å². The molecule has 1 rings (SSSR count). The zero-order chi connectivity index (χ0) is 12.2. The van der Waals surface area contributed by atoms with Crippen molar-refractivity contribution < 1.29 is 5.11 Å². The fourth-order valence-corrected chi connectivity index (χ4v) is 2.18. The van der Waals surface area contributed by atoms with Crippen LogP contribution in [0.25, 0.3) is 0 Å². The van der Waals surface area contributed by atoms with Crippen LogP contribution in [0.1, 0.15) is 36.5 Å². The molecule has 0 spiro atoms. The summed E-state index contributed by atoms with van der Waals surface area (Å²) in [5.74, 6) is 0. The molecule has 0 amide bonds. The summed E-state index contributed by atoms with van der Waals surface area (Å²) in [6.07, 6.45) is 2.38. The predicted octanol–water partition coefficient (Wildman–Crippen LogP) is 2.34. The van der Waals surface area contributed by atoms with Gasteiger partial charge < -0.3 is 10.8 Å². The van der Waals surface area contributed by atoms with E-state index in [0.717, 1.165) is 12.8 Å². The first-order valence-corrected chi connectivity index (χ1v) is 6.00. The topological polar surface area (TPSA) is 46.2 Å². The quantitative estimate of drug-likeness (QED) is 0.801. The molecule has 1 unspecified atom stereocenters. The van der Waals surface area contributed by atoms with Gasteiger partial charge in [-0.3, -0.25) is 0 Å². The fourth-order valence-electron chi connectivity index (χ4n) is 2.18. The molecule has 3 N–H and O–H groups in total. The Morgan fingerprint density at radius 3 is 2.25 bits per heavy atom. The van der Waals surface area contributed by atoms with Gasteiger partial charge in [-0.2, -0.15) is 0 Å². The van der Waals surface area contributed by atoms with E-state index in [0.29, 0.717) is 13.0 Å². The summed E-state index contributed by atoms with van der Waals surface area (Å²) in [6, 6.07) is 6.23. The molecule has 0 aromatic heterocycles. The maximum Gasteiger partial charge on any atom is 0.0809 e. The van der Waals surface area contributed by atoms with Crippen LogP contribution < -0.4 is 5.73 Å². The second-order valence-corrected chi connectivity index (χ2v) is 4.73. The van der Waals surface area contributed by atoms with Crippen LogP contribution >= 0.6 is 0 Å². The highest BCUT2D eigenvalue weighted by Crippen LogP contribution is 2.23. The van der Waals surface area contributed by atoms with E-state index < -0.39 is 5.60 Å². The standard InChI is InChI=1S/C14H23NO/c1-4-8-14(16,10-15)9-13-11(2)6-5-7-12(13)3/h5-7,16H,4,8-10,15H2,1-3H3. The number of benzene rings is 1. The monoisotopic (exact) mass is 221 g/mol. The molecule has 0 saturated heterocycles. The molecule has 0 aliphatic rings. The Morgan fingerprint density at radius 2 is 1.81 bits per heavy atom. The average Bonchev–Trinajstić information content (AvgIpc) is 2.24. The lowest BCUT2D eigenvalue weighted by atomic mass is 9.86. The molecule has 0 saturated carbocycles. The van der Waals surface area contributed by atoms with E-state index in [1.54, 1.807) is 0 Å². The molecule has 2 nitrogen and oxygen atoms in total. The zero-order valence-electron chi connectivity index (χ0n) is 10.6. The number of aliphatic hydroxyl groups is 1. The van der Waals surface area contributed by atoms with Crippen LogP contribution in [0.15, 0.2) is 18.2 Å². The summed E-state index contributed by atoms with van der Waals surface area (Å²) in [7, 11) is 0. The minimum absolute atomic E-state index is 0.328. The van der Waals surface area contributed by atoms with Gasteiger partial charge in [0.25, 0.3) is 0 Å². The van der Waals surface area contributed by atoms with Crippen molar-refractivity contribution in [3.8, 4) is 0 Å². The number of nitrogens with two attached hydrogens (primary N) is 1. The molecule has 0 radical (unpaired) electrons. The molecular formula is C14H23NO. The van der Waals surface area contributed by atoms with Crippen molar-refractivity contribution in [3.05, 3.63) is 34.9 Å². The fraction of sp³-hybridized carbons (Fsp3) is 0.571. The summed E-state index contributed by atoms with van der Waals surface area (Å²) in [5, 5.41) is 10.4. The van der Waals surface area contributed by atoms with Gasteiger partial charge in [0.05, 0.1) is 5.60 Å². The number of rotatable bonds is 5. The number of hydrogen-bond acceptors (Lipinski definition) is 2. The largest absolute Gasteiger partial charge is 0.388 e. The van der Waals surface area contributed by atoms with Gasteiger partial charge in [0.15, 0.2) is 0 Å². The molecular weight excluding hydrogens is 198 g/mol. The molecule has 90 valence electrons. The zero-order valence-corrected chi connectivity index (χ0v) is 10.6. The second kappa shape index (κ2) is 5.46. The van der Waals surface area contributed by atoms with Gasteiger partial charge in [-0.25, -0.2) is 0 Å². The van der Waals surface area contributed by atoms with E-state index in [1.165, 1.54) is 16.7 Å². The van der Waals surface area contributed by atoms with E-state index in [4.69, 9.17) is 5.73 Å². The Bertz CT molecular complexity index is 328. The molecule has 0 bridgehead atoms. The van der Waals surface area contributed by atoms with Crippen LogP contribution in [0.5, 0.6) is 0 Å². The van der Waals surface area contributed by atoms with Crippen LogP contribution in [0, 0.1) is 13.8 Å². The Morgan fingerprint density at radius 1 is 1.25 bits per heavy atom. The van der Waals surface area contributed by atoms with Gasteiger partial charge in [0, 0.05) is 13.0 Å². The highest BCUT2D eigenvalue weighted by Gasteiger charge is 2.25. The summed E-state index contributed by atoms with van der Waals surface area (Å²) in [6.45, 7) is 6.58. The molecule has 1 aromatic carbocycles. The van der Waals surface area contributed by atoms with Crippen molar-refractivity contribution in [3.63, 3.8) is 0 Å². The second-order valence-electron chi connectivity index (χ2n) is 4.73. The Labute approximate surface area is 98.5 Å². The average molecular weight is 221 g/mol. The SMILES string of the molecule is CCCC(O)(CN)Cc1c(C)cccc1C. The Balaban J connectivity index is 2.94. The van der Waals surface area contributed by atoms with Crippen molar-refractivity contribution in [1.82, 2.24) is 0 Å². The third kappa shape index (κ3) is 3.06. The van der Waals surface area contributed by atoms with Crippen molar-refractivity contribution in [2.24, 2.45) is 5.73 Å². The van der Waals surface area contributed by atoms with Crippen LogP contribution in [0.4, 0.5) is 0 Å². The first-order chi connectivity index (χ1) is 7.52. The Kier molecular flexibility index (Phi) is 4.51. The lowest BCUT2D eigenvalue weighted by molar-refractivity contribution is 0.0396. The van der Waals surface area contributed by atoms with Gasteiger partial charge in [-0.1, -0.05) is 31.5 Å². The normalized spacial score (nSPS) is 14.8. The molecule has 1 aromatic rings. The maximum atomic E-state index is 10.4. The molecule has 0 heterocycles. The third-order valence-electron chi connectivity index (χ3n) is 3.25. The van der Waals surface area contributed by atoms with E-state index >= 15 is 0 Å². The first-order valence-electron chi connectivity index (χ1n) is 6.00. The van der Waals surface area contributed by atoms with Crippen molar-refractivity contribution in [2.75, 3.05) is 6.54 Å². The van der Waals surface area contributed by atoms with Gasteiger partial charge in [-0.15, -0.1) is 0 Å².